The molecule has 7 heteroatoms. The maximum absolute atomic E-state index is 12.6. The molecule has 1 aliphatic rings. The van der Waals surface area contributed by atoms with Gasteiger partial charge in [0.2, 0.25) is 0 Å². The van der Waals surface area contributed by atoms with E-state index in [0.29, 0.717) is 17.3 Å². The lowest BCUT2D eigenvalue weighted by atomic mass is 10.1. The van der Waals surface area contributed by atoms with E-state index in [1.165, 1.54) is 12.1 Å². The summed E-state index contributed by atoms with van der Waals surface area (Å²) < 4.78 is 37.8. The fourth-order valence-electron chi connectivity index (χ4n) is 2.77. The first-order valence-electron chi connectivity index (χ1n) is 9.14. The smallest absolute Gasteiger partial charge is 0.357 e. The van der Waals surface area contributed by atoms with Crippen LogP contribution in [0.2, 0.25) is 0 Å². The summed E-state index contributed by atoms with van der Waals surface area (Å²) in [7, 11) is 0. The highest BCUT2D eigenvalue weighted by atomic mass is 19.4. The van der Waals surface area contributed by atoms with Gasteiger partial charge in [-0.25, -0.2) is 4.99 Å². The number of rotatable bonds is 6. The van der Waals surface area contributed by atoms with Crippen molar-refractivity contribution in [1.82, 2.24) is 10.2 Å². The van der Waals surface area contributed by atoms with Gasteiger partial charge >= 0.3 is 6.18 Å². The fourth-order valence-corrected chi connectivity index (χ4v) is 2.77. The van der Waals surface area contributed by atoms with Crippen LogP contribution in [0.3, 0.4) is 0 Å². The Bertz CT molecular complexity index is 671. The van der Waals surface area contributed by atoms with Crippen LogP contribution in [-0.4, -0.2) is 36.9 Å². The highest BCUT2D eigenvalue weighted by molar-refractivity contribution is 5.85. The normalized spacial score (nSPS) is 17.2. The molecule has 0 bridgehead atoms. The van der Waals surface area contributed by atoms with Crippen LogP contribution < -0.4 is 10.6 Å². The van der Waals surface area contributed by atoms with Crippen molar-refractivity contribution in [3.63, 3.8) is 0 Å². The molecule has 1 fully saturated rings. The van der Waals surface area contributed by atoms with E-state index in [1.54, 1.807) is 12.3 Å². The Labute approximate surface area is 158 Å². The Morgan fingerprint density at radius 2 is 1.93 bits per heavy atom. The van der Waals surface area contributed by atoms with Crippen molar-refractivity contribution in [2.24, 2.45) is 10.9 Å². The average molecular weight is 380 g/mol. The molecule has 0 aromatic heterocycles. The van der Waals surface area contributed by atoms with Gasteiger partial charge in [-0.15, -0.1) is 0 Å². The minimum atomic E-state index is -4.33. The summed E-state index contributed by atoms with van der Waals surface area (Å²) in [5.74, 6) is 1.40. The number of anilines is 1. The monoisotopic (exact) mass is 380 g/mol. The lowest BCUT2D eigenvalue weighted by molar-refractivity contribution is -0.137. The Balaban J connectivity index is 1.99. The first-order valence-corrected chi connectivity index (χ1v) is 9.14. The third kappa shape index (κ3) is 6.43. The van der Waals surface area contributed by atoms with Gasteiger partial charge in [0, 0.05) is 49.7 Å². The molecule has 1 atom stereocenters. The molecule has 148 valence electrons. The summed E-state index contributed by atoms with van der Waals surface area (Å²) >= 11 is 0. The molecule has 0 radical (unpaired) electrons. The van der Waals surface area contributed by atoms with Gasteiger partial charge in [0.15, 0.2) is 0 Å². The second-order valence-corrected chi connectivity index (χ2v) is 6.57. The van der Waals surface area contributed by atoms with Crippen molar-refractivity contribution in [1.29, 1.82) is 0 Å². The molecular formula is C20H27F3N4. The summed E-state index contributed by atoms with van der Waals surface area (Å²) in [6, 6.07) is 4.86. The predicted octanol–water partition coefficient (Wildman–Crippen LogP) is 4.49. The van der Waals surface area contributed by atoms with E-state index in [2.05, 4.69) is 41.0 Å². The van der Waals surface area contributed by atoms with Crippen molar-refractivity contribution in [3.05, 3.63) is 54.4 Å². The van der Waals surface area contributed by atoms with Crippen LogP contribution in [0.4, 0.5) is 18.9 Å². The molecule has 4 nitrogen and oxygen atoms in total. The quantitative estimate of drug-likeness (QED) is 0.434. The molecule has 1 aliphatic heterocycles. The second-order valence-electron chi connectivity index (χ2n) is 6.57. The van der Waals surface area contributed by atoms with E-state index in [-0.39, 0.29) is 0 Å². The van der Waals surface area contributed by atoms with Crippen molar-refractivity contribution in [2.45, 2.75) is 26.4 Å². The molecule has 2 N–H and O–H groups in total. The third-order valence-corrected chi connectivity index (χ3v) is 4.49. The maximum Gasteiger partial charge on any atom is 0.416 e. The van der Waals surface area contributed by atoms with Crippen LogP contribution in [0, 0.1) is 5.92 Å². The number of aliphatic imine (C=N–C) groups is 1. The molecular weight excluding hydrogens is 353 g/mol. The third-order valence-electron chi connectivity index (χ3n) is 4.49. The summed E-state index contributed by atoms with van der Waals surface area (Å²) in [5, 5.41) is 6.31. The van der Waals surface area contributed by atoms with Crippen LogP contribution in [0.15, 0.2) is 53.8 Å². The molecule has 0 saturated carbocycles. The number of hydrogen-bond acceptors (Lipinski definition) is 3. The number of nitrogens with zero attached hydrogens (tertiary/aromatic N) is 2. The van der Waals surface area contributed by atoms with Gasteiger partial charge in [-0.3, -0.25) is 0 Å². The summed E-state index contributed by atoms with van der Waals surface area (Å²) in [4.78, 5) is 6.92. The summed E-state index contributed by atoms with van der Waals surface area (Å²) in [6.45, 7) is 11.9. The van der Waals surface area contributed by atoms with E-state index < -0.39 is 11.7 Å². The Kier molecular flexibility index (Phi) is 7.47. The SMILES string of the molecule is C=C(/C=C\N=C(C(C)CC)N1CCNCC1)Nc1ccc(C(F)(F)F)cc1. The van der Waals surface area contributed by atoms with Crippen LogP contribution in [0.1, 0.15) is 25.8 Å². The lowest BCUT2D eigenvalue weighted by Gasteiger charge is -2.32. The zero-order chi connectivity index (χ0) is 19.9. The first-order chi connectivity index (χ1) is 12.8. The number of piperazine rings is 1. The van der Waals surface area contributed by atoms with E-state index in [4.69, 9.17) is 0 Å². The molecule has 1 aromatic carbocycles. The topological polar surface area (TPSA) is 39.7 Å². The van der Waals surface area contributed by atoms with Crippen molar-refractivity contribution >= 4 is 11.5 Å². The Morgan fingerprint density at radius 1 is 1.30 bits per heavy atom. The van der Waals surface area contributed by atoms with Gasteiger partial charge in [0.1, 0.15) is 5.84 Å². The molecule has 1 heterocycles. The minimum absolute atomic E-state index is 0.351. The van der Waals surface area contributed by atoms with Crippen LogP contribution in [0.25, 0.3) is 0 Å². The van der Waals surface area contributed by atoms with Gasteiger partial charge in [0.05, 0.1) is 5.56 Å². The molecule has 1 saturated heterocycles. The zero-order valence-electron chi connectivity index (χ0n) is 15.8. The molecule has 0 aliphatic carbocycles. The molecule has 1 aromatic rings. The predicted molar refractivity (Wildman–Crippen MR) is 105 cm³/mol. The van der Waals surface area contributed by atoms with Crippen LogP contribution in [-0.2, 0) is 6.18 Å². The van der Waals surface area contributed by atoms with E-state index >= 15 is 0 Å². The van der Waals surface area contributed by atoms with Crippen LogP contribution in [0.5, 0.6) is 0 Å². The number of allylic oxidation sites excluding steroid dienone is 1. The first kappa shape index (κ1) is 21.0. The van der Waals surface area contributed by atoms with Gasteiger partial charge in [0.25, 0.3) is 0 Å². The number of amidine groups is 1. The highest BCUT2D eigenvalue weighted by Crippen LogP contribution is 2.30. The van der Waals surface area contributed by atoms with Gasteiger partial charge in [-0.2, -0.15) is 13.2 Å². The summed E-state index contributed by atoms with van der Waals surface area (Å²) in [5.41, 5.74) is 0.432. The summed E-state index contributed by atoms with van der Waals surface area (Å²) in [6.07, 6.45) is 0.0903. The standard InChI is InChI=1S/C20H27F3N4/c1-4-15(2)19(27-13-11-24-12-14-27)25-10-9-16(3)26-18-7-5-17(6-8-18)20(21,22)23/h5-10,15,24,26H,3-4,11-14H2,1-2H3/b10-9-,25-19?. The van der Waals surface area contributed by atoms with Crippen LogP contribution >= 0.6 is 0 Å². The molecule has 27 heavy (non-hydrogen) atoms. The zero-order valence-corrected chi connectivity index (χ0v) is 15.8. The highest BCUT2D eigenvalue weighted by Gasteiger charge is 2.29. The maximum atomic E-state index is 12.6. The minimum Gasteiger partial charge on any atom is -0.357 e. The Hall–Kier alpha value is -2.28. The van der Waals surface area contributed by atoms with E-state index in [1.807, 2.05) is 0 Å². The van der Waals surface area contributed by atoms with E-state index in [0.717, 1.165) is 50.6 Å². The largest absolute Gasteiger partial charge is 0.416 e. The number of halogens is 3. The number of benzene rings is 1. The molecule has 1 unspecified atom stereocenters. The number of alkyl halides is 3. The van der Waals surface area contributed by atoms with Crippen molar-refractivity contribution < 1.29 is 13.2 Å². The van der Waals surface area contributed by atoms with E-state index in [9.17, 15) is 13.2 Å². The second kappa shape index (κ2) is 9.60. The van der Waals surface area contributed by atoms with Gasteiger partial charge in [-0.05, 0) is 36.8 Å². The molecule has 2 rings (SSSR count). The van der Waals surface area contributed by atoms with Crippen molar-refractivity contribution in [2.75, 3.05) is 31.5 Å². The molecule has 0 spiro atoms. The number of hydrogen-bond donors (Lipinski definition) is 2. The number of nitrogens with one attached hydrogen (secondary N) is 2. The van der Waals surface area contributed by atoms with Gasteiger partial charge in [-0.1, -0.05) is 20.4 Å². The fraction of sp³-hybridized carbons (Fsp3) is 0.450. The lowest BCUT2D eigenvalue weighted by Crippen LogP contribution is -2.48. The van der Waals surface area contributed by atoms with Gasteiger partial charge < -0.3 is 15.5 Å². The Morgan fingerprint density at radius 3 is 2.48 bits per heavy atom. The average Bonchev–Trinajstić information content (AvgIpc) is 2.65. The molecule has 0 amide bonds. The van der Waals surface area contributed by atoms with Crippen molar-refractivity contribution in [3.8, 4) is 0 Å².